The summed E-state index contributed by atoms with van der Waals surface area (Å²) >= 11 is 0. The van der Waals surface area contributed by atoms with E-state index in [9.17, 15) is 9.59 Å². The Labute approximate surface area is 75.7 Å². The maximum atomic E-state index is 11.0. The highest BCUT2D eigenvalue weighted by molar-refractivity contribution is 5.77. The van der Waals surface area contributed by atoms with Crippen LogP contribution in [0.15, 0.2) is 0 Å². The highest BCUT2D eigenvalue weighted by Crippen LogP contribution is 1.85. The van der Waals surface area contributed by atoms with E-state index in [0.29, 0.717) is 0 Å². The van der Waals surface area contributed by atoms with Crippen LogP contribution in [0.25, 0.3) is 0 Å². The van der Waals surface area contributed by atoms with Gasteiger partial charge in [-0.05, 0) is 0 Å². The van der Waals surface area contributed by atoms with Crippen LogP contribution in [0.1, 0.15) is 0 Å². The lowest BCUT2D eigenvalue weighted by atomic mass is 10.5. The van der Waals surface area contributed by atoms with Crippen molar-refractivity contribution >= 4 is 11.9 Å². The topological polar surface area (TPSA) is 87.1 Å². The van der Waals surface area contributed by atoms with E-state index >= 15 is 0 Å². The van der Waals surface area contributed by atoms with Gasteiger partial charge in [-0.3, -0.25) is 4.79 Å². The van der Waals surface area contributed by atoms with Crippen molar-refractivity contribution in [1.29, 1.82) is 0 Å². The van der Waals surface area contributed by atoms with Crippen LogP contribution in [0.2, 0.25) is 0 Å². The van der Waals surface area contributed by atoms with Crippen molar-refractivity contribution < 1.29 is 24.5 Å². The zero-order valence-electron chi connectivity index (χ0n) is 7.39. The molecule has 0 saturated carbocycles. The molecule has 2 N–H and O–H groups in total. The molecular formula is C7H13NO5. The van der Waals surface area contributed by atoms with Crippen LogP contribution in [0.5, 0.6) is 0 Å². The molecule has 0 bridgehead atoms. The Morgan fingerprint density at radius 3 is 2.46 bits per heavy atom. The summed E-state index contributed by atoms with van der Waals surface area (Å²) in [6, 6.07) is 0. The highest BCUT2D eigenvalue weighted by atomic mass is 16.5. The van der Waals surface area contributed by atoms with Gasteiger partial charge < -0.3 is 19.8 Å². The van der Waals surface area contributed by atoms with Crippen LogP contribution in [0.4, 0.5) is 0 Å². The third kappa shape index (κ3) is 6.06. The van der Waals surface area contributed by atoms with Gasteiger partial charge in [0.2, 0.25) is 5.91 Å². The number of hydrogen-bond donors (Lipinski definition) is 2. The quantitative estimate of drug-likeness (QED) is 0.535. The zero-order chi connectivity index (χ0) is 10.3. The first kappa shape index (κ1) is 11.9. The van der Waals surface area contributed by atoms with Gasteiger partial charge in [0.1, 0.15) is 13.2 Å². The molecule has 0 rings (SSSR count). The number of hydrogen-bond acceptors (Lipinski definition) is 4. The SMILES string of the molecule is CN(CCO)C(=O)COCC(=O)O. The molecule has 0 unspecified atom stereocenters. The highest BCUT2D eigenvalue weighted by Gasteiger charge is 2.08. The van der Waals surface area contributed by atoms with Gasteiger partial charge in [0.25, 0.3) is 0 Å². The van der Waals surface area contributed by atoms with Crippen LogP contribution in [0.3, 0.4) is 0 Å². The zero-order valence-corrected chi connectivity index (χ0v) is 7.39. The van der Waals surface area contributed by atoms with Crippen molar-refractivity contribution in [3.63, 3.8) is 0 Å². The maximum absolute atomic E-state index is 11.0. The minimum absolute atomic E-state index is 0.124. The lowest BCUT2D eigenvalue weighted by Gasteiger charge is -2.14. The van der Waals surface area contributed by atoms with Crippen molar-refractivity contribution in [3.8, 4) is 0 Å². The molecule has 1 amide bonds. The largest absolute Gasteiger partial charge is 0.480 e. The summed E-state index contributed by atoms with van der Waals surface area (Å²) in [6.07, 6.45) is 0. The molecule has 6 heteroatoms. The Morgan fingerprint density at radius 2 is 2.00 bits per heavy atom. The van der Waals surface area contributed by atoms with Crippen molar-refractivity contribution in [2.75, 3.05) is 33.4 Å². The number of carboxylic acid groups (broad SMARTS) is 1. The molecule has 76 valence electrons. The molecule has 0 aromatic heterocycles. The Balaban J connectivity index is 3.55. The number of aliphatic hydroxyl groups excluding tert-OH is 1. The Morgan fingerprint density at radius 1 is 1.38 bits per heavy atom. The van der Waals surface area contributed by atoms with Crippen molar-refractivity contribution in [3.05, 3.63) is 0 Å². The summed E-state index contributed by atoms with van der Waals surface area (Å²) in [5, 5.41) is 16.6. The molecule has 0 aromatic rings. The van der Waals surface area contributed by atoms with Gasteiger partial charge in [-0.1, -0.05) is 0 Å². The smallest absolute Gasteiger partial charge is 0.329 e. The molecule has 0 fully saturated rings. The number of carbonyl (C=O) groups excluding carboxylic acids is 1. The van der Waals surface area contributed by atoms with Crippen LogP contribution in [-0.2, 0) is 14.3 Å². The van der Waals surface area contributed by atoms with E-state index in [2.05, 4.69) is 4.74 Å². The third-order valence-corrected chi connectivity index (χ3v) is 1.31. The molecule has 0 spiro atoms. The van der Waals surface area contributed by atoms with Crippen molar-refractivity contribution in [2.24, 2.45) is 0 Å². The van der Waals surface area contributed by atoms with Crippen LogP contribution >= 0.6 is 0 Å². The van der Waals surface area contributed by atoms with Crippen molar-refractivity contribution in [2.45, 2.75) is 0 Å². The molecule has 0 radical (unpaired) electrons. The first-order valence-electron chi connectivity index (χ1n) is 3.72. The number of amides is 1. The standard InChI is InChI=1S/C7H13NO5/c1-8(2-3-9)6(10)4-13-5-7(11)12/h9H,2-5H2,1H3,(H,11,12). The van der Waals surface area contributed by atoms with E-state index in [1.807, 2.05) is 0 Å². The number of likely N-dealkylation sites (N-methyl/N-ethyl adjacent to an activating group) is 1. The molecule has 0 aliphatic rings. The summed E-state index contributed by atoms with van der Waals surface area (Å²) in [6.45, 7) is -0.669. The fourth-order valence-corrected chi connectivity index (χ4v) is 0.611. The number of nitrogens with zero attached hydrogens (tertiary/aromatic N) is 1. The number of carbonyl (C=O) groups is 2. The van der Waals surface area contributed by atoms with E-state index in [-0.39, 0.29) is 25.7 Å². The van der Waals surface area contributed by atoms with Crippen LogP contribution in [0, 0.1) is 0 Å². The molecule has 6 nitrogen and oxygen atoms in total. The minimum Gasteiger partial charge on any atom is -0.480 e. The first-order chi connectivity index (χ1) is 6.07. The van der Waals surface area contributed by atoms with Gasteiger partial charge in [-0.2, -0.15) is 0 Å². The summed E-state index contributed by atoms with van der Waals surface area (Å²) < 4.78 is 4.55. The van der Waals surface area contributed by atoms with E-state index in [0.717, 1.165) is 0 Å². The minimum atomic E-state index is -1.11. The fourth-order valence-electron chi connectivity index (χ4n) is 0.611. The third-order valence-electron chi connectivity index (χ3n) is 1.31. The average Bonchev–Trinajstić information content (AvgIpc) is 2.04. The predicted molar refractivity (Wildman–Crippen MR) is 43.2 cm³/mol. The monoisotopic (exact) mass is 191 g/mol. The van der Waals surface area contributed by atoms with Crippen LogP contribution < -0.4 is 0 Å². The number of ether oxygens (including phenoxy) is 1. The Hall–Kier alpha value is -1.14. The lowest BCUT2D eigenvalue weighted by molar-refractivity contribution is -0.145. The van der Waals surface area contributed by atoms with E-state index in [1.54, 1.807) is 0 Å². The molecule has 0 aliphatic carbocycles. The maximum Gasteiger partial charge on any atom is 0.329 e. The van der Waals surface area contributed by atoms with Crippen LogP contribution in [-0.4, -0.2) is 60.4 Å². The number of rotatable bonds is 6. The second kappa shape index (κ2) is 6.38. The van der Waals surface area contributed by atoms with Gasteiger partial charge in [-0.25, -0.2) is 4.79 Å². The van der Waals surface area contributed by atoms with Gasteiger partial charge >= 0.3 is 5.97 Å². The van der Waals surface area contributed by atoms with E-state index in [1.165, 1.54) is 11.9 Å². The normalized spacial score (nSPS) is 9.69. The second-order valence-corrected chi connectivity index (χ2v) is 2.43. The number of aliphatic carboxylic acids is 1. The van der Waals surface area contributed by atoms with Gasteiger partial charge in [-0.15, -0.1) is 0 Å². The second-order valence-electron chi connectivity index (χ2n) is 2.43. The lowest BCUT2D eigenvalue weighted by Crippen LogP contribution is -2.33. The molecule has 0 aliphatic heterocycles. The summed E-state index contributed by atoms with van der Waals surface area (Å²) in [4.78, 5) is 22.3. The fraction of sp³-hybridized carbons (Fsp3) is 0.714. The summed E-state index contributed by atoms with van der Waals surface area (Å²) in [5.41, 5.74) is 0. The number of carboxylic acids is 1. The molecule has 0 aromatic carbocycles. The Kier molecular flexibility index (Phi) is 5.82. The first-order valence-corrected chi connectivity index (χ1v) is 3.72. The van der Waals surface area contributed by atoms with Gasteiger partial charge in [0.15, 0.2) is 0 Å². The van der Waals surface area contributed by atoms with Gasteiger partial charge in [0.05, 0.1) is 6.61 Å². The molecule has 0 atom stereocenters. The van der Waals surface area contributed by atoms with E-state index < -0.39 is 12.6 Å². The Bertz CT molecular complexity index is 182. The number of aliphatic hydroxyl groups is 1. The van der Waals surface area contributed by atoms with E-state index in [4.69, 9.17) is 10.2 Å². The predicted octanol–water partition coefficient (Wildman–Crippen LogP) is -1.46. The molecule has 13 heavy (non-hydrogen) atoms. The molecule has 0 saturated heterocycles. The average molecular weight is 191 g/mol. The molecule has 0 heterocycles. The van der Waals surface area contributed by atoms with Crippen molar-refractivity contribution in [1.82, 2.24) is 4.90 Å². The summed E-state index contributed by atoms with van der Waals surface area (Å²) in [7, 11) is 1.50. The molecular weight excluding hydrogens is 178 g/mol. The summed E-state index contributed by atoms with van der Waals surface area (Å²) in [5.74, 6) is -1.46. The van der Waals surface area contributed by atoms with Gasteiger partial charge in [0, 0.05) is 13.6 Å².